The molecule has 4 N–H and O–H groups in total. The molecular weight excluding hydrogens is 418 g/mol. The molecule has 31 heavy (non-hydrogen) atoms. The summed E-state index contributed by atoms with van der Waals surface area (Å²) in [6.07, 6.45) is 1.24. The molecular formula is C23H28ClN3O4. The number of nitrogens with one attached hydrogen (secondary N) is 3. The Bertz CT molecular complexity index is 902. The average molecular weight is 446 g/mol. The molecule has 7 nitrogen and oxygen atoms in total. The zero-order valence-corrected chi connectivity index (χ0v) is 18.4. The molecule has 0 fully saturated rings. The van der Waals surface area contributed by atoms with Gasteiger partial charge in [-0.15, -0.1) is 0 Å². The smallest absolute Gasteiger partial charge is 0.251 e. The number of phenolic OH excluding ortho intramolecular Hbond substituents is 1. The fourth-order valence-corrected chi connectivity index (χ4v) is 3.01. The Kier molecular flexibility index (Phi) is 9.34. The molecule has 2 atom stereocenters. The predicted molar refractivity (Wildman–Crippen MR) is 120 cm³/mol. The number of aromatic hydroxyl groups is 1. The van der Waals surface area contributed by atoms with Crippen LogP contribution in [0.15, 0.2) is 48.5 Å². The zero-order chi connectivity index (χ0) is 22.8. The molecule has 166 valence electrons. The Hall–Kier alpha value is -3.06. The minimum absolute atomic E-state index is 0.0247. The first kappa shape index (κ1) is 24.2. The molecule has 0 bridgehead atoms. The second-order valence-electron chi connectivity index (χ2n) is 7.29. The Balaban J connectivity index is 1.81. The summed E-state index contributed by atoms with van der Waals surface area (Å²) in [4.78, 5) is 37.2. The summed E-state index contributed by atoms with van der Waals surface area (Å²) in [6.45, 7) is 4.57. The van der Waals surface area contributed by atoms with Crippen LogP contribution in [0.1, 0.15) is 47.4 Å². The van der Waals surface area contributed by atoms with Gasteiger partial charge in [-0.1, -0.05) is 37.9 Å². The summed E-state index contributed by atoms with van der Waals surface area (Å²) in [5.41, 5.74) is 0.797. The van der Waals surface area contributed by atoms with Crippen LogP contribution in [-0.2, 0) is 4.79 Å². The van der Waals surface area contributed by atoms with Crippen LogP contribution in [0.3, 0.4) is 0 Å². The Morgan fingerprint density at radius 2 is 1.65 bits per heavy atom. The second-order valence-corrected chi connectivity index (χ2v) is 7.73. The predicted octanol–water partition coefficient (Wildman–Crippen LogP) is 3.13. The normalized spacial score (nSPS) is 12.5. The van der Waals surface area contributed by atoms with Gasteiger partial charge in [0.05, 0.1) is 0 Å². The molecule has 0 aliphatic carbocycles. The molecule has 0 aliphatic heterocycles. The van der Waals surface area contributed by atoms with Crippen LogP contribution in [0.25, 0.3) is 0 Å². The Morgan fingerprint density at radius 1 is 0.968 bits per heavy atom. The second kappa shape index (κ2) is 12.0. The van der Waals surface area contributed by atoms with Crippen molar-refractivity contribution in [2.24, 2.45) is 5.92 Å². The van der Waals surface area contributed by atoms with Crippen LogP contribution in [0.5, 0.6) is 5.75 Å². The molecule has 2 rings (SSSR count). The molecule has 0 aliphatic rings. The van der Waals surface area contributed by atoms with Crippen LogP contribution in [0.4, 0.5) is 0 Å². The molecule has 2 unspecified atom stereocenters. The first-order valence-corrected chi connectivity index (χ1v) is 10.6. The number of benzene rings is 2. The lowest BCUT2D eigenvalue weighted by atomic mass is 9.97. The Labute approximate surface area is 187 Å². The molecule has 0 radical (unpaired) electrons. The van der Waals surface area contributed by atoms with E-state index in [0.29, 0.717) is 35.7 Å². The lowest BCUT2D eigenvalue weighted by Gasteiger charge is -2.23. The van der Waals surface area contributed by atoms with Crippen molar-refractivity contribution in [1.29, 1.82) is 0 Å². The molecule has 0 heterocycles. The SMILES string of the molecule is CCC(C)C(NC(=O)c1ccc(Cl)cc1)C(=O)NCCCNC(=O)c1cccc(O)c1. The summed E-state index contributed by atoms with van der Waals surface area (Å²) < 4.78 is 0. The summed E-state index contributed by atoms with van der Waals surface area (Å²) >= 11 is 5.86. The van der Waals surface area contributed by atoms with Crippen molar-refractivity contribution >= 4 is 29.3 Å². The lowest BCUT2D eigenvalue weighted by molar-refractivity contribution is -0.124. The largest absolute Gasteiger partial charge is 0.508 e. The lowest BCUT2D eigenvalue weighted by Crippen LogP contribution is -2.50. The van der Waals surface area contributed by atoms with Gasteiger partial charge in [-0.2, -0.15) is 0 Å². The van der Waals surface area contributed by atoms with E-state index < -0.39 is 6.04 Å². The van der Waals surface area contributed by atoms with Crippen molar-refractivity contribution in [3.05, 3.63) is 64.7 Å². The van der Waals surface area contributed by atoms with E-state index in [1.54, 1.807) is 36.4 Å². The fraction of sp³-hybridized carbons (Fsp3) is 0.348. The van der Waals surface area contributed by atoms with E-state index in [0.717, 1.165) is 6.42 Å². The number of hydrogen-bond donors (Lipinski definition) is 4. The van der Waals surface area contributed by atoms with Gasteiger partial charge in [-0.25, -0.2) is 0 Å². The van der Waals surface area contributed by atoms with Gasteiger partial charge >= 0.3 is 0 Å². The van der Waals surface area contributed by atoms with E-state index in [-0.39, 0.29) is 29.4 Å². The molecule has 2 aromatic rings. The monoisotopic (exact) mass is 445 g/mol. The fourth-order valence-electron chi connectivity index (χ4n) is 2.89. The maximum atomic E-state index is 12.7. The first-order chi connectivity index (χ1) is 14.8. The number of rotatable bonds is 10. The van der Waals surface area contributed by atoms with Crippen molar-refractivity contribution < 1.29 is 19.5 Å². The van der Waals surface area contributed by atoms with E-state index in [4.69, 9.17) is 11.6 Å². The summed E-state index contributed by atoms with van der Waals surface area (Å²) in [6, 6.07) is 11.9. The number of carbonyl (C=O) groups excluding carboxylic acids is 3. The van der Waals surface area contributed by atoms with Gasteiger partial charge in [0.2, 0.25) is 5.91 Å². The highest BCUT2D eigenvalue weighted by Crippen LogP contribution is 2.13. The number of hydrogen-bond acceptors (Lipinski definition) is 4. The first-order valence-electron chi connectivity index (χ1n) is 10.2. The molecule has 8 heteroatoms. The van der Waals surface area contributed by atoms with Crippen LogP contribution in [0.2, 0.25) is 5.02 Å². The molecule has 3 amide bonds. The quantitative estimate of drug-likeness (QED) is 0.421. The van der Waals surface area contributed by atoms with Crippen LogP contribution >= 0.6 is 11.6 Å². The average Bonchev–Trinajstić information content (AvgIpc) is 2.76. The number of halogens is 1. The topological polar surface area (TPSA) is 108 Å². The number of amides is 3. The molecule has 2 aromatic carbocycles. The van der Waals surface area contributed by atoms with Gasteiger partial charge in [0, 0.05) is 29.2 Å². The van der Waals surface area contributed by atoms with Crippen molar-refractivity contribution in [1.82, 2.24) is 16.0 Å². The van der Waals surface area contributed by atoms with Crippen LogP contribution in [-0.4, -0.2) is 42.0 Å². The van der Waals surface area contributed by atoms with Crippen LogP contribution < -0.4 is 16.0 Å². The van der Waals surface area contributed by atoms with Gasteiger partial charge in [-0.3, -0.25) is 14.4 Å². The van der Waals surface area contributed by atoms with Crippen LogP contribution in [0, 0.1) is 5.92 Å². The summed E-state index contributed by atoms with van der Waals surface area (Å²) in [5, 5.41) is 18.3. The minimum atomic E-state index is -0.671. The minimum Gasteiger partial charge on any atom is -0.508 e. The third-order valence-electron chi connectivity index (χ3n) is 4.94. The molecule has 0 aromatic heterocycles. The van der Waals surface area contributed by atoms with Gasteiger partial charge in [0.25, 0.3) is 11.8 Å². The molecule has 0 spiro atoms. The van der Waals surface area contributed by atoms with Gasteiger partial charge in [0.1, 0.15) is 11.8 Å². The number of phenols is 1. The Morgan fingerprint density at radius 3 is 2.29 bits per heavy atom. The van der Waals surface area contributed by atoms with Gasteiger partial charge < -0.3 is 21.1 Å². The summed E-state index contributed by atoms with van der Waals surface area (Å²) in [7, 11) is 0. The maximum Gasteiger partial charge on any atom is 0.251 e. The summed E-state index contributed by atoms with van der Waals surface area (Å²) in [5.74, 6) is -0.931. The highest BCUT2D eigenvalue weighted by atomic mass is 35.5. The highest BCUT2D eigenvalue weighted by Gasteiger charge is 2.26. The van der Waals surface area contributed by atoms with Crippen molar-refractivity contribution in [3.63, 3.8) is 0 Å². The molecule has 0 saturated carbocycles. The van der Waals surface area contributed by atoms with Crippen molar-refractivity contribution in [2.45, 2.75) is 32.7 Å². The number of carbonyl (C=O) groups is 3. The van der Waals surface area contributed by atoms with E-state index in [2.05, 4.69) is 16.0 Å². The third kappa shape index (κ3) is 7.61. The van der Waals surface area contributed by atoms with Gasteiger partial charge in [0.15, 0.2) is 0 Å². The van der Waals surface area contributed by atoms with Crippen molar-refractivity contribution in [2.75, 3.05) is 13.1 Å². The standard InChI is InChI=1S/C23H28ClN3O4/c1-3-15(2)20(27-22(30)16-8-10-18(24)11-9-16)23(31)26-13-5-12-25-21(29)17-6-4-7-19(28)14-17/h4,6-11,14-15,20,28H,3,5,12-13H2,1-2H3,(H,25,29)(H,26,31)(H,27,30). The van der Waals surface area contributed by atoms with Gasteiger partial charge in [-0.05, 0) is 54.8 Å². The van der Waals surface area contributed by atoms with E-state index >= 15 is 0 Å². The maximum absolute atomic E-state index is 12.7. The molecule has 0 saturated heterocycles. The highest BCUT2D eigenvalue weighted by molar-refractivity contribution is 6.30. The zero-order valence-electron chi connectivity index (χ0n) is 17.7. The van der Waals surface area contributed by atoms with E-state index in [1.807, 2.05) is 13.8 Å². The van der Waals surface area contributed by atoms with E-state index in [9.17, 15) is 19.5 Å². The van der Waals surface area contributed by atoms with E-state index in [1.165, 1.54) is 12.1 Å². The van der Waals surface area contributed by atoms with Crippen molar-refractivity contribution in [3.8, 4) is 5.75 Å². The third-order valence-corrected chi connectivity index (χ3v) is 5.19.